The topological polar surface area (TPSA) is 37.8 Å². The largest absolute Gasteiger partial charge is 0.367 e. The molecule has 20 heavy (non-hydrogen) atoms. The van der Waals surface area contributed by atoms with Gasteiger partial charge < -0.3 is 5.32 Å². The van der Waals surface area contributed by atoms with Gasteiger partial charge in [-0.15, -0.1) is 0 Å². The number of aromatic nitrogens is 2. The summed E-state index contributed by atoms with van der Waals surface area (Å²) in [7, 11) is 0. The molecule has 0 aliphatic rings. The maximum atomic E-state index is 5.99. The predicted molar refractivity (Wildman–Crippen MR) is 85.7 cm³/mol. The Morgan fingerprint density at radius 2 is 2.10 bits per heavy atom. The van der Waals surface area contributed by atoms with Crippen LogP contribution in [0, 0.1) is 0 Å². The second kappa shape index (κ2) is 5.77. The highest BCUT2D eigenvalue weighted by Gasteiger charge is 2.10. The fourth-order valence-electron chi connectivity index (χ4n) is 2.21. The molecule has 3 nitrogen and oxygen atoms in total. The van der Waals surface area contributed by atoms with E-state index in [1.807, 2.05) is 24.3 Å². The summed E-state index contributed by atoms with van der Waals surface area (Å²) in [6.07, 6.45) is 0.958. The minimum Gasteiger partial charge on any atom is -0.367 e. The molecule has 1 N–H and O–H groups in total. The van der Waals surface area contributed by atoms with Crippen LogP contribution in [0.3, 0.4) is 0 Å². The standard InChI is InChI=1S/C15H14ClN3S/c1-10(8-11-6-7-20-9-11)17-14-12-4-2-3-5-13(12)18-15(16)19-14/h2-7,9-10H,8H2,1H3,(H,17,18,19). The zero-order valence-corrected chi connectivity index (χ0v) is 12.6. The zero-order chi connectivity index (χ0) is 13.9. The van der Waals surface area contributed by atoms with Crippen LogP contribution in [-0.4, -0.2) is 16.0 Å². The van der Waals surface area contributed by atoms with Crippen molar-refractivity contribution < 1.29 is 0 Å². The van der Waals surface area contributed by atoms with Gasteiger partial charge in [0.25, 0.3) is 0 Å². The van der Waals surface area contributed by atoms with Gasteiger partial charge in [-0.3, -0.25) is 0 Å². The average Bonchev–Trinajstić information content (AvgIpc) is 2.91. The van der Waals surface area contributed by atoms with Gasteiger partial charge in [-0.2, -0.15) is 11.3 Å². The van der Waals surface area contributed by atoms with Gasteiger partial charge in [0.2, 0.25) is 5.28 Å². The molecule has 0 fully saturated rings. The van der Waals surface area contributed by atoms with Crippen molar-refractivity contribution in [3.63, 3.8) is 0 Å². The molecule has 3 rings (SSSR count). The van der Waals surface area contributed by atoms with E-state index in [2.05, 4.69) is 39.0 Å². The van der Waals surface area contributed by atoms with Crippen molar-refractivity contribution in [1.29, 1.82) is 0 Å². The molecule has 3 aromatic rings. The monoisotopic (exact) mass is 303 g/mol. The van der Waals surface area contributed by atoms with Crippen molar-refractivity contribution >= 4 is 39.7 Å². The van der Waals surface area contributed by atoms with Crippen LogP contribution in [0.25, 0.3) is 10.9 Å². The first-order valence-corrected chi connectivity index (χ1v) is 7.74. The number of anilines is 1. The summed E-state index contributed by atoms with van der Waals surface area (Å²) in [4.78, 5) is 8.55. The summed E-state index contributed by atoms with van der Waals surface area (Å²) in [5.74, 6) is 0.795. The Bertz CT molecular complexity index is 712. The molecular weight excluding hydrogens is 290 g/mol. The summed E-state index contributed by atoms with van der Waals surface area (Å²) in [5.41, 5.74) is 2.19. The minimum atomic E-state index is 0.272. The molecule has 0 amide bonds. The van der Waals surface area contributed by atoms with E-state index in [-0.39, 0.29) is 11.3 Å². The third-order valence-electron chi connectivity index (χ3n) is 3.08. The first-order chi connectivity index (χ1) is 9.72. The maximum absolute atomic E-state index is 5.99. The first kappa shape index (κ1) is 13.3. The molecule has 2 aromatic heterocycles. The van der Waals surface area contributed by atoms with Crippen molar-refractivity contribution in [3.05, 3.63) is 51.9 Å². The number of thiophene rings is 1. The molecular formula is C15H14ClN3S. The van der Waals surface area contributed by atoms with E-state index < -0.39 is 0 Å². The Balaban J connectivity index is 1.86. The molecule has 0 saturated heterocycles. The Kier molecular flexibility index (Phi) is 3.85. The molecule has 0 spiro atoms. The van der Waals surface area contributed by atoms with E-state index in [1.165, 1.54) is 5.56 Å². The number of halogens is 1. The van der Waals surface area contributed by atoms with Crippen molar-refractivity contribution in [1.82, 2.24) is 9.97 Å². The van der Waals surface area contributed by atoms with E-state index in [1.54, 1.807) is 11.3 Å². The maximum Gasteiger partial charge on any atom is 0.224 e. The average molecular weight is 304 g/mol. The molecule has 0 saturated carbocycles. The molecule has 0 aliphatic heterocycles. The fourth-order valence-corrected chi connectivity index (χ4v) is 3.06. The molecule has 0 radical (unpaired) electrons. The van der Waals surface area contributed by atoms with Crippen LogP contribution >= 0.6 is 22.9 Å². The lowest BCUT2D eigenvalue weighted by molar-refractivity contribution is 0.788. The van der Waals surface area contributed by atoms with Crippen molar-refractivity contribution in [2.75, 3.05) is 5.32 Å². The predicted octanol–water partition coefficient (Wildman–Crippen LogP) is 4.39. The summed E-state index contributed by atoms with van der Waals surface area (Å²) < 4.78 is 0. The van der Waals surface area contributed by atoms with Crippen LogP contribution in [-0.2, 0) is 6.42 Å². The number of rotatable bonds is 4. The summed E-state index contributed by atoms with van der Waals surface area (Å²) in [6, 6.07) is 10.3. The van der Waals surface area contributed by atoms with Crippen LogP contribution in [0.2, 0.25) is 5.28 Å². The lowest BCUT2D eigenvalue weighted by Gasteiger charge is -2.15. The molecule has 0 aliphatic carbocycles. The second-order valence-corrected chi connectivity index (χ2v) is 5.86. The molecule has 1 aromatic carbocycles. The SMILES string of the molecule is CC(Cc1ccsc1)Nc1nc(Cl)nc2ccccc12. The Hall–Kier alpha value is -1.65. The van der Waals surface area contributed by atoms with Crippen LogP contribution < -0.4 is 5.32 Å². The van der Waals surface area contributed by atoms with Gasteiger partial charge in [0.1, 0.15) is 5.82 Å². The highest BCUT2D eigenvalue weighted by Crippen LogP contribution is 2.23. The minimum absolute atomic E-state index is 0.272. The second-order valence-electron chi connectivity index (χ2n) is 4.74. The third-order valence-corrected chi connectivity index (χ3v) is 3.98. The van der Waals surface area contributed by atoms with Crippen molar-refractivity contribution in [2.24, 2.45) is 0 Å². The summed E-state index contributed by atoms with van der Waals surface area (Å²) >= 11 is 7.71. The number of benzene rings is 1. The van der Waals surface area contributed by atoms with E-state index in [9.17, 15) is 0 Å². The molecule has 102 valence electrons. The molecule has 0 bridgehead atoms. The van der Waals surface area contributed by atoms with Crippen molar-refractivity contribution in [2.45, 2.75) is 19.4 Å². The van der Waals surface area contributed by atoms with Gasteiger partial charge in [-0.25, -0.2) is 9.97 Å². The van der Waals surface area contributed by atoms with Gasteiger partial charge in [0.05, 0.1) is 5.52 Å². The number of para-hydroxylation sites is 1. The molecule has 5 heteroatoms. The zero-order valence-electron chi connectivity index (χ0n) is 11.0. The summed E-state index contributed by atoms with van der Waals surface area (Å²) in [6.45, 7) is 2.14. The highest BCUT2D eigenvalue weighted by molar-refractivity contribution is 7.07. The highest BCUT2D eigenvalue weighted by atomic mass is 35.5. The number of hydrogen-bond acceptors (Lipinski definition) is 4. The first-order valence-electron chi connectivity index (χ1n) is 6.42. The smallest absolute Gasteiger partial charge is 0.224 e. The fraction of sp³-hybridized carbons (Fsp3) is 0.200. The Morgan fingerprint density at radius 1 is 1.25 bits per heavy atom. The Morgan fingerprint density at radius 3 is 2.90 bits per heavy atom. The van der Waals surface area contributed by atoms with Crippen molar-refractivity contribution in [3.8, 4) is 0 Å². The third kappa shape index (κ3) is 2.92. The number of fused-ring (bicyclic) bond motifs is 1. The lowest BCUT2D eigenvalue weighted by atomic mass is 10.1. The summed E-state index contributed by atoms with van der Waals surface area (Å²) in [5, 5.41) is 8.97. The Labute approximate surface area is 126 Å². The number of nitrogens with zero attached hydrogens (tertiary/aromatic N) is 2. The van der Waals surface area contributed by atoms with E-state index in [4.69, 9.17) is 11.6 Å². The quantitative estimate of drug-likeness (QED) is 0.726. The normalized spacial score (nSPS) is 12.5. The number of nitrogens with one attached hydrogen (secondary N) is 1. The van der Waals surface area contributed by atoms with E-state index in [0.29, 0.717) is 0 Å². The van der Waals surface area contributed by atoms with Gasteiger partial charge in [-0.05, 0) is 59.5 Å². The lowest BCUT2D eigenvalue weighted by Crippen LogP contribution is -2.19. The molecule has 1 unspecified atom stereocenters. The van der Waals surface area contributed by atoms with Gasteiger partial charge in [-0.1, -0.05) is 12.1 Å². The molecule has 2 heterocycles. The van der Waals surface area contributed by atoms with Gasteiger partial charge in [0.15, 0.2) is 0 Å². The van der Waals surface area contributed by atoms with Crippen LogP contribution in [0.5, 0.6) is 0 Å². The molecule has 1 atom stereocenters. The van der Waals surface area contributed by atoms with Crippen LogP contribution in [0.4, 0.5) is 5.82 Å². The van der Waals surface area contributed by atoms with Gasteiger partial charge >= 0.3 is 0 Å². The van der Waals surface area contributed by atoms with E-state index in [0.717, 1.165) is 23.1 Å². The van der Waals surface area contributed by atoms with Crippen LogP contribution in [0.15, 0.2) is 41.1 Å². The van der Waals surface area contributed by atoms with E-state index >= 15 is 0 Å². The van der Waals surface area contributed by atoms with Crippen LogP contribution in [0.1, 0.15) is 12.5 Å². The number of hydrogen-bond donors (Lipinski definition) is 1. The van der Waals surface area contributed by atoms with Gasteiger partial charge in [0, 0.05) is 11.4 Å².